The van der Waals surface area contributed by atoms with Gasteiger partial charge in [-0.15, -0.1) is 0 Å². The lowest BCUT2D eigenvalue weighted by Crippen LogP contribution is -2.30. The minimum Gasteiger partial charge on any atom is -0.487 e. The van der Waals surface area contributed by atoms with Gasteiger partial charge in [-0.3, -0.25) is 4.79 Å². The van der Waals surface area contributed by atoms with Gasteiger partial charge in [0, 0.05) is 18.7 Å². The van der Waals surface area contributed by atoms with Crippen LogP contribution in [0.5, 0.6) is 5.75 Å². The number of aryl methyl sites for hydroxylation is 2. The Morgan fingerprint density at radius 2 is 1.94 bits per heavy atom. The number of hydrogen-bond donors (Lipinski definition) is 1. The van der Waals surface area contributed by atoms with E-state index in [1.54, 1.807) is 6.92 Å². The van der Waals surface area contributed by atoms with Gasteiger partial charge in [-0.05, 0) is 62.4 Å². The Kier molecular flexibility index (Phi) is 7.70. The molecule has 0 bridgehead atoms. The molecule has 0 unspecified atom stereocenters. The zero-order valence-electron chi connectivity index (χ0n) is 20.0. The van der Waals surface area contributed by atoms with Crippen LogP contribution in [0.15, 0.2) is 59.0 Å². The Morgan fingerprint density at radius 1 is 1.14 bits per heavy atom. The Hall–Kier alpha value is -3.81. The van der Waals surface area contributed by atoms with Crippen LogP contribution < -0.4 is 4.74 Å². The summed E-state index contributed by atoms with van der Waals surface area (Å²) in [6.07, 6.45) is 0.887. The van der Waals surface area contributed by atoms with Crippen molar-refractivity contribution in [2.24, 2.45) is 11.8 Å². The molecule has 1 aliphatic heterocycles. The summed E-state index contributed by atoms with van der Waals surface area (Å²) in [5, 5.41) is 9.62. The lowest BCUT2D eigenvalue weighted by molar-refractivity contribution is -0.142. The molecule has 8 heteroatoms. The molecule has 0 saturated carbocycles. The number of aromatic nitrogens is 1. The molecular weight excluding hydrogens is 448 g/mol. The lowest BCUT2D eigenvalue weighted by Gasteiger charge is -2.15. The van der Waals surface area contributed by atoms with Gasteiger partial charge in [-0.1, -0.05) is 30.3 Å². The maximum absolute atomic E-state index is 12.1. The van der Waals surface area contributed by atoms with Gasteiger partial charge >= 0.3 is 12.1 Å². The number of ether oxygens (including phenoxy) is 2. The van der Waals surface area contributed by atoms with Crippen molar-refractivity contribution in [3.8, 4) is 17.2 Å². The average Bonchev–Trinajstić information content (AvgIpc) is 3.46. The van der Waals surface area contributed by atoms with Crippen LogP contribution in [0.2, 0.25) is 0 Å². The molecule has 0 radical (unpaired) electrons. The Labute approximate surface area is 204 Å². The van der Waals surface area contributed by atoms with E-state index in [9.17, 15) is 14.7 Å². The van der Waals surface area contributed by atoms with Crippen molar-refractivity contribution in [2.75, 3.05) is 19.7 Å². The minimum absolute atomic E-state index is 0.129. The third-order valence-corrected chi connectivity index (χ3v) is 6.28. The highest BCUT2D eigenvalue weighted by Crippen LogP contribution is 2.29. The minimum atomic E-state index is -0.878. The normalized spacial score (nSPS) is 17.4. The molecule has 0 spiro atoms. The van der Waals surface area contributed by atoms with Crippen LogP contribution in [-0.2, 0) is 22.6 Å². The largest absolute Gasteiger partial charge is 0.487 e. The lowest BCUT2D eigenvalue weighted by atomic mass is 9.90. The predicted octanol–water partition coefficient (Wildman–Crippen LogP) is 4.95. The third kappa shape index (κ3) is 6.01. The van der Waals surface area contributed by atoms with Crippen LogP contribution >= 0.6 is 0 Å². The molecule has 2 aromatic carbocycles. The van der Waals surface area contributed by atoms with Gasteiger partial charge in [-0.25, -0.2) is 9.78 Å². The number of amides is 1. The fourth-order valence-electron chi connectivity index (χ4n) is 4.37. The second-order valence-corrected chi connectivity index (χ2v) is 8.67. The SMILES string of the molecule is CCOC(=O)N1C[C@@H](CCc2cccc(OCc3nc(-c4ccccc4)oc3C)c2)[C@H](C(=O)O)C1. The van der Waals surface area contributed by atoms with Crippen molar-refractivity contribution in [2.45, 2.75) is 33.3 Å². The van der Waals surface area contributed by atoms with Crippen LogP contribution in [0.25, 0.3) is 11.5 Å². The molecule has 4 rings (SSSR count). The van der Waals surface area contributed by atoms with Gasteiger partial charge in [0.05, 0.1) is 12.5 Å². The summed E-state index contributed by atoms with van der Waals surface area (Å²) in [6, 6.07) is 17.5. The van der Waals surface area contributed by atoms with Gasteiger partial charge in [0.15, 0.2) is 0 Å². The first-order chi connectivity index (χ1) is 16.9. The maximum atomic E-state index is 12.1. The van der Waals surface area contributed by atoms with E-state index < -0.39 is 18.0 Å². The van der Waals surface area contributed by atoms with E-state index in [4.69, 9.17) is 13.9 Å². The molecule has 1 fully saturated rings. The summed E-state index contributed by atoms with van der Waals surface area (Å²) < 4.78 is 16.8. The molecule has 1 aromatic heterocycles. The Balaban J connectivity index is 1.35. The van der Waals surface area contributed by atoms with Crippen molar-refractivity contribution in [3.63, 3.8) is 0 Å². The summed E-state index contributed by atoms with van der Waals surface area (Å²) in [4.78, 5) is 29.9. The molecule has 2 heterocycles. The molecule has 2 atom stereocenters. The van der Waals surface area contributed by atoms with E-state index in [-0.39, 0.29) is 25.7 Å². The highest BCUT2D eigenvalue weighted by atomic mass is 16.6. The number of hydrogen-bond acceptors (Lipinski definition) is 6. The van der Waals surface area contributed by atoms with Crippen molar-refractivity contribution >= 4 is 12.1 Å². The number of oxazole rings is 1. The van der Waals surface area contributed by atoms with E-state index in [2.05, 4.69) is 4.98 Å². The summed E-state index contributed by atoms with van der Waals surface area (Å²) in [5.41, 5.74) is 2.70. The second kappa shape index (κ2) is 11.1. The van der Waals surface area contributed by atoms with Crippen molar-refractivity contribution in [1.82, 2.24) is 9.88 Å². The van der Waals surface area contributed by atoms with Crippen LogP contribution in [0.4, 0.5) is 4.79 Å². The molecule has 1 aliphatic rings. The summed E-state index contributed by atoms with van der Waals surface area (Å²) in [6.45, 7) is 4.73. The fraction of sp³-hybridized carbons (Fsp3) is 0.370. The summed E-state index contributed by atoms with van der Waals surface area (Å²) >= 11 is 0. The maximum Gasteiger partial charge on any atom is 0.409 e. The number of carboxylic acids is 1. The number of carbonyl (C=O) groups excluding carboxylic acids is 1. The van der Waals surface area contributed by atoms with Gasteiger partial charge in [0.1, 0.15) is 23.8 Å². The molecule has 3 aromatic rings. The van der Waals surface area contributed by atoms with Gasteiger partial charge in [-0.2, -0.15) is 0 Å². The third-order valence-electron chi connectivity index (χ3n) is 6.28. The molecule has 1 saturated heterocycles. The van der Waals surface area contributed by atoms with Gasteiger partial charge in [0.2, 0.25) is 5.89 Å². The van der Waals surface area contributed by atoms with Gasteiger partial charge in [0.25, 0.3) is 0 Å². The highest BCUT2D eigenvalue weighted by Gasteiger charge is 2.39. The van der Waals surface area contributed by atoms with E-state index in [0.29, 0.717) is 36.8 Å². The second-order valence-electron chi connectivity index (χ2n) is 8.67. The molecule has 1 amide bonds. The zero-order valence-corrected chi connectivity index (χ0v) is 20.0. The first-order valence-corrected chi connectivity index (χ1v) is 11.8. The van der Waals surface area contributed by atoms with Crippen LogP contribution in [0.1, 0.15) is 30.4 Å². The number of nitrogens with zero attached hydrogens (tertiary/aromatic N) is 2. The number of aliphatic carboxylic acids is 1. The number of carboxylic acid groups (broad SMARTS) is 1. The standard InChI is InChI=1S/C27H30N2O6/c1-3-33-27(32)29-15-21(23(16-29)26(30)31)13-12-19-8-7-11-22(14-19)34-17-24-18(2)35-25(28-24)20-9-5-4-6-10-20/h4-11,14,21,23H,3,12-13,15-17H2,1-2H3,(H,30,31)/t21-,23-/m1/s1. The number of carbonyl (C=O) groups is 2. The van der Waals surface area contributed by atoms with Crippen LogP contribution in [0, 0.1) is 18.8 Å². The van der Waals surface area contributed by atoms with Crippen LogP contribution in [-0.4, -0.2) is 46.7 Å². The Morgan fingerprint density at radius 3 is 2.69 bits per heavy atom. The smallest absolute Gasteiger partial charge is 0.409 e. The molecule has 0 aliphatic carbocycles. The molecular formula is C27H30N2O6. The van der Waals surface area contributed by atoms with Crippen molar-refractivity contribution < 1.29 is 28.6 Å². The van der Waals surface area contributed by atoms with Gasteiger partial charge < -0.3 is 23.9 Å². The topological polar surface area (TPSA) is 102 Å². The van der Waals surface area contributed by atoms with E-state index >= 15 is 0 Å². The van der Waals surface area contributed by atoms with E-state index in [1.807, 2.05) is 61.5 Å². The molecule has 35 heavy (non-hydrogen) atoms. The number of likely N-dealkylation sites (tertiary alicyclic amines) is 1. The zero-order chi connectivity index (χ0) is 24.8. The van der Waals surface area contributed by atoms with Crippen LogP contribution in [0.3, 0.4) is 0 Å². The first-order valence-electron chi connectivity index (χ1n) is 11.8. The molecule has 8 nitrogen and oxygen atoms in total. The quantitative estimate of drug-likeness (QED) is 0.464. The monoisotopic (exact) mass is 478 g/mol. The van der Waals surface area contributed by atoms with Crippen molar-refractivity contribution in [1.29, 1.82) is 0 Å². The highest BCUT2D eigenvalue weighted by molar-refractivity contribution is 5.74. The molecule has 184 valence electrons. The Bertz CT molecular complexity index is 1160. The number of benzene rings is 2. The first kappa shape index (κ1) is 24.3. The van der Waals surface area contributed by atoms with E-state index in [0.717, 1.165) is 16.8 Å². The summed E-state index contributed by atoms with van der Waals surface area (Å²) in [5.74, 6) is 0.393. The number of rotatable bonds is 9. The van der Waals surface area contributed by atoms with E-state index in [1.165, 1.54) is 4.90 Å². The predicted molar refractivity (Wildman–Crippen MR) is 129 cm³/mol. The summed E-state index contributed by atoms with van der Waals surface area (Å²) in [7, 11) is 0. The van der Waals surface area contributed by atoms with Crippen molar-refractivity contribution in [3.05, 3.63) is 71.6 Å². The average molecular weight is 479 g/mol. The fourth-order valence-corrected chi connectivity index (χ4v) is 4.37. The molecule has 1 N–H and O–H groups in total.